The van der Waals surface area contributed by atoms with Crippen LogP contribution in [-0.2, 0) is 0 Å². The topological polar surface area (TPSA) is 49.0 Å². The van der Waals surface area contributed by atoms with Crippen LogP contribution in [-0.4, -0.2) is 22.6 Å². The van der Waals surface area contributed by atoms with E-state index < -0.39 is 0 Å². The number of anilines is 1. The van der Waals surface area contributed by atoms with Crippen LogP contribution in [0, 0.1) is 0 Å². The van der Waals surface area contributed by atoms with Crippen LogP contribution in [0.5, 0.6) is 0 Å². The molecular formula is C10H12BrN3O. The van der Waals surface area contributed by atoms with Gasteiger partial charge in [0.25, 0.3) is 5.56 Å². The van der Waals surface area contributed by atoms with Crippen LogP contribution in [0.15, 0.2) is 28.2 Å². The number of aromatic amines is 1. The van der Waals surface area contributed by atoms with Gasteiger partial charge < -0.3 is 9.88 Å². The van der Waals surface area contributed by atoms with Gasteiger partial charge in [-0.2, -0.15) is 0 Å². The molecule has 80 valence electrons. The van der Waals surface area contributed by atoms with E-state index in [0.29, 0.717) is 16.3 Å². The molecule has 0 bridgehead atoms. The number of H-pyrrole nitrogens is 1. The Labute approximate surface area is 96.2 Å². The number of hydrogen-bond acceptors (Lipinski definition) is 3. The standard InChI is InChI=1S/C10H12BrN3O/c1-2-5-14(7-3-4-7)9-8(11)10(15)13-6-12-9/h2,6-7H,1,3-5H2,(H,12,13,15). The quantitative estimate of drug-likeness (QED) is 0.847. The minimum atomic E-state index is -0.144. The molecule has 1 aliphatic carbocycles. The zero-order valence-corrected chi connectivity index (χ0v) is 9.83. The predicted molar refractivity (Wildman–Crippen MR) is 63.1 cm³/mol. The lowest BCUT2D eigenvalue weighted by Gasteiger charge is -2.22. The third-order valence-corrected chi connectivity index (χ3v) is 3.08. The molecule has 1 aliphatic rings. The molecule has 2 rings (SSSR count). The molecule has 1 heterocycles. The van der Waals surface area contributed by atoms with Crippen molar-refractivity contribution >= 4 is 21.7 Å². The molecule has 0 aliphatic heterocycles. The highest BCUT2D eigenvalue weighted by atomic mass is 79.9. The third kappa shape index (κ3) is 2.12. The Bertz CT molecular complexity index is 425. The number of rotatable bonds is 4. The van der Waals surface area contributed by atoms with Gasteiger partial charge in [0.2, 0.25) is 0 Å². The maximum atomic E-state index is 11.4. The van der Waals surface area contributed by atoms with Gasteiger partial charge in [-0.3, -0.25) is 4.79 Å². The highest BCUT2D eigenvalue weighted by Crippen LogP contribution is 2.32. The Hall–Kier alpha value is -1.10. The first kappa shape index (κ1) is 10.4. The maximum Gasteiger partial charge on any atom is 0.267 e. The number of halogens is 1. The first-order valence-corrected chi connectivity index (χ1v) is 5.64. The molecule has 0 atom stereocenters. The second kappa shape index (κ2) is 4.18. The number of nitrogens with zero attached hydrogens (tertiary/aromatic N) is 2. The van der Waals surface area contributed by atoms with E-state index >= 15 is 0 Å². The summed E-state index contributed by atoms with van der Waals surface area (Å²) in [5, 5.41) is 0. The number of aromatic nitrogens is 2. The van der Waals surface area contributed by atoms with Gasteiger partial charge in [-0.25, -0.2) is 4.98 Å². The summed E-state index contributed by atoms with van der Waals surface area (Å²) in [6.45, 7) is 4.44. The Morgan fingerprint density at radius 2 is 2.47 bits per heavy atom. The fourth-order valence-electron chi connectivity index (χ4n) is 1.51. The van der Waals surface area contributed by atoms with Crippen LogP contribution < -0.4 is 10.5 Å². The van der Waals surface area contributed by atoms with E-state index in [4.69, 9.17) is 0 Å². The molecule has 0 aromatic carbocycles. The zero-order valence-electron chi connectivity index (χ0n) is 8.24. The summed E-state index contributed by atoms with van der Waals surface area (Å²) in [7, 11) is 0. The monoisotopic (exact) mass is 269 g/mol. The molecule has 5 heteroatoms. The van der Waals surface area contributed by atoms with Gasteiger partial charge in [-0.1, -0.05) is 6.08 Å². The van der Waals surface area contributed by atoms with E-state index in [1.54, 1.807) is 0 Å². The van der Waals surface area contributed by atoms with Crippen molar-refractivity contribution in [1.29, 1.82) is 0 Å². The van der Waals surface area contributed by atoms with Crippen molar-refractivity contribution in [3.63, 3.8) is 0 Å². The highest BCUT2D eigenvalue weighted by Gasteiger charge is 2.30. The van der Waals surface area contributed by atoms with Crippen LogP contribution in [0.1, 0.15) is 12.8 Å². The van der Waals surface area contributed by atoms with Gasteiger partial charge in [0, 0.05) is 12.6 Å². The van der Waals surface area contributed by atoms with Crippen molar-refractivity contribution in [2.24, 2.45) is 0 Å². The van der Waals surface area contributed by atoms with E-state index in [1.807, 2.05) is 6.08 Å². The molecule has 1 aromatic heterocycles. The van der Waals surface area contributed by atoms with Crippen LogP contribution in [0.25, 0.3) is 0 Å². The van der Waals surface area contributed by atoms with Crippen molar-refractivity contribution in [1.82, 2.24) is 9.97 Å². The summed E-state index contributed by atoms with van der Waals surface area (Å²) in [4.78, 5) is 20.2. The van der Waals surface area contributed by atoms with E-state index in [9.17, 15) is 4.79 Å². The van der Waals surface area contributed by atoms with Crippen LogP contribution in [0.2, 0.25) is 0 Å². The van der Waals surface area contributed by atoms with Crippen LogP contribution >= 0.6 is 15.9 Å². The first-order valence-electron chi connectivity index (χ1n) is 4.84. The molecule has 0 saturated heterocycles. The van der Waals surface area contributed by atoms with E-state index in [1.165, 1.54) is 6.33 Å². The zero-order chi connectivity index (χ0) is 10.8. The molecule has 0 amide bonds. The Kier molecular flexibility index (Phi) is 2.90. The molecule has 0 radical (unpaired) electrons. The second-order valence-electron chi connectivity index (χ2n) is 3.54. The molecule has 0 spiro atoms. The van der Waals surface area contributed by atoms with Crippen molar-refractivity contribution in [2.45, 2.75) is 18.9 Å². The van der Waals surface area contributed by atoms with Gasteiger partial charge in [0.1, 0.15) is 4.47 Å². The molecule has 0 unspecified atom stereocenters. The average molecular weight is 270 g/mol. The first-order chi connectivity index (χ1) is 7.24. The minimum absolute atomic E-state index is 0.144. The Balaban J connectivity index is 2.36. The second-order valence-corrected chi connectivity index (χ2v) is 4.33. The van der Waals surface area contributed by atoms with Gasteiger partial charge in [0.05, 0.1) is 6.33 Å². The number of nitrogens with one attached hydrogen (secondary N) is 1. The lowest BCUT2D eigenvalue weighted by Crippen LogP contribution is -2.28. The van der Waals surface area contributed by atoms with Crippen LogP contribution in [0.4, 0.5) is 5.82 Å². The molecule has 1 aromatic rings. The van der Waals surface area contributed by atoms with E-state index in [2.05, 4.69) is 37.4 Å². The fraction of sp³-hybridized carbons (Fsp3) is 0.400. The summed E-state index contributed by atoms with van der Waals surface area (Å²) >= 11 is 3.26. The predicted octanol–water partition coefficient (Wildman–Crippen LogP) is 1.69. The molecule has 1 saturated carbocycles. The maximum absolute atomic E-state index is 11.4. The summed E-state index contributed by atoms with van der Waals surface area (Å²) in [5.41, 5.74) is -0.144. The Morgan fingerprint density at radius 3 is 3.07 bits per heavy atom. The van der Waals surface area contributed by atoms with Gasteiger partial charge >= 0.3 is 0 Å². The largest absolute Gasteiger partial charge is 0.349 e. The molecule has 15 heavy (non-hydrogen) atoms. The van der Waals surface area contributed by atoms with E-state index in [0.717, 1.165) is 19.4 Å². The van der Waals surface area contributed by atoms with Gasteiger partial charge in [-0.15, -0.1) is 6.58 Å². The smallest absolute Gasteiger partial charge is 0.267 e. The average Bonchev–Trinajstić information content (AvgIpc) is 3.03. The van der Waals surface area contributed by atoms with Gasteiger partial charge in [-0.05, 0) is 28.8 Å². The Morgan fingerprint density at radius 1 is 1.73 bits per heavy atom. The lowest BCUT2D eigenvalue weighted by molar-refractivity contribution is 0.829. The van der Waals surface area contributed by atoms with Crippen molar-refractivity contribution in [3.8, 4) is 0 Å². The van der Waals surface area contributed by atoms with Gasteiger partial charge in [0.15, 0.2) is 5.82 Å². The molecular weight excluding hydrogens is 258 g/mol. The fourth-order valence-corrected chi connectivity index (χ4v) is 1.95. The SMILES string of the molecule is C=CCN(c1nc[nH]c(=O)c1Br)C1CC1. The summed E-state index contributed by atoms with van der Waals surface area (Å²) in [6.07, 6.45) is 5.58. The van der Waals surface area contributed by atoms with Crippen molar-refractivity contribution in [3.05, 3.63) is 33.8 Å². The summed E-state index contributed by atoms with van der Waals surface area (Å²) < 4.78 is 0.499. The third-order valence-electron chi connectivity index (χ3n) is 2.36. The molecule has 4 nitrogen and oxygen atoms in total. The lowest BCUT2D eigenvalue weighted by atomic mass is 10.4. The molecule has 1 fully saturated rings. The van der Waals surface area contributed by atoms with Crippen molar-refractivity contribution in [2.75, 3.05) is 11.4 Å². The summed E-state index contributed by atoms with van der Waals surface area (Å²) in [6, 6.07) is 0.508. The normalized spacial score (nSPS) is 15.0. The van der Waals surface area contributed by atoms with Crippen LogP contribution in [0.3, 0.4) is 0 Å². The number of hydrogen-bond donors (Lipinski definition) is 1. The minimum Gasteiger partial charge on any atom is -0.349 e. The molecule has 1 N–H and O–H groups in total. The highest BCUT2D eigenvalue weighted by molar-refractivity contribution is 9.10. The van der Waals surface area contributed by atoms with Crippen molar-refractivity contribution < 1.29 is 0 Å². The summed E-state index contributed by atoms with van der Waals surface area (Å²) in [5.74, 6) is 0.709. The van der Waals surface area contributed by atoms with E-state index in [-0.39, 0.29) is 5.56 Å².